The number of aryl methyl sites for hydroxylation is 3. The summed E-state index contributed by atoms with van der Waals surface area (Å²) >= 11 is 0. The van der Waals surface area contributed by atoms with Crippen LogP contribution in [0.1, 0.15) is 35.2 Å². The van der Waals surface area contributed by atoms with Gasteiger partial charge in [0.05, 0.1) is 4.90 Å². The Morgan fingerprint density at radius 3 is 2.28 bits per heavy atom. The van der Waals surface area contributed by atoms with Crippen LogP contribution in [-0.2, 0) is 10.0 Å². The number of ether oxygens (including phenoxy) is 2. The molecule has 3 rings (SSSR count). The van der Waals surface area contributed by atoms with E-state index >= 15 is 0 Å². The zero-order chi connectivity index (χ0) is 18.2. The molecule has 6 heteroatoms. The van der Waals surface area contributed by atoms with Crippen LogP contribution in [0.3, 0.4) is 0 Å². The molecule has 0 saturated carbocycles. The Bertz CT molecular complexity index is 906. The van der Waals surface area contributed by atoms with E-state index in [2.05, 4.69) is 17.7 Å². The molecule has 2 aromatic rings. The molecule has 0 amide bonds. The Kier molecular flexibility index (Phi) is 4.75. The van der Waals surface area contributed by atoms with E-state index in [0.29, 0.717) is 24.7 Å². The molecule has 1 aliphatic rings. The maximum Gasteiger partial charge on any atom is 0.241 e. The summed E-state index contributed by atoms with van der Waals surface area (Å²) in [5.74, 6) is 1.03. The lowest BCUT2D eigenvalue weighted by Crippen LogP contribution is -2.27. The Morgan fingerprint density at radius 2 is 1.56 bits per heavy atom. The maximum absolute atomic E-state index is 12.8. The van der Waals surface area contributed by atoms with E-state index in [-0.39, 0.29) is 10.9 Å². The van der Waals surface area contributed by atoms with E-state index in [0.717, 1.165) is 16.7 Å². The van der Waals surface area contributed by atoms with Crippen LogP contribution in [0.4, 0.5) is 0 Å². The minimum absolute atomic E-state index is 0.171. The van der Waals surface area contributed by atoms with Crippen molar-refractivity contribution in [3.63, 3.8) is 0 Å². The summed E-state index contributed by atoms with van der Waals surface area (Å²) in [5.41, 5.74) is 4.39. The highest BCUT2D eigenvalue weighted by molar-refractivity contribution is 7.89. The quantitative estimate of drug-likeness (QED) is 0.906. The molecule has 2 aromatic carbocycles. The molecule has 0 unspecified atom stereocenters. The standard InChI is InChI=1S/C19H23NO4S/c1-12-9-14(3)17(10-13(12)2)15(4)20-25(21,22)16-5-6-18-19(11-16)24-8-7-23-18/h5-6,9-11,15,20H,7-8H2,1-4H3/t15-/m0/s1. The summed E-state index contributed by atoms with van der Waals surface area (Å²) in [6.45, 7) is 8.82. The Hall–Kier alpha value is -2.05. The number of nitrogens with one attached hydrogen (secondary N) is 1. The van der Waals surface area contributed by atoms with Crippen molar-refractivity contribution >= 4 is 10.0 Å². The summed E-state index contributed by atoms with van der Waals surface area (Å²) in [5, 5.41) is 0. The van der Waals surface area contributed by atoms with E-state index in [1.54, 1.807) is 6.07 Å². The molecule has 0 aliphatic carbocycles. The smallest absolute Gasteiger partial charge is 0.241 e. The number of hydrogen-bond acceptors (Lipinski definition) is 4. The third kappa shape index (κ3) is 3.65. The molecule has 0 spiro atoms. The second kappa shape index (κ2) is 6.69. The number of benzene rings is 2. The van der Waals surface area contributed by atoms with Crippen LogP contribution in [0.25, 0.3) is 0 Å². The summed E-state index contributed by atoms with van der Waals surface area (Å²) in [7, 11) is -3.67. The Balaban J connectivity index is 1.87. The summed E-state index contributed by atoms with van der Waals surface area (Å²) < 4.78 is 39.2. The number of rotatable bonds is 4. The van der Waals surface area contributed by atoms with Gasteiger partial charge in [-0.2, -0.15) is 0 Å². The van der Waals surface area contributed by atoms with Gasteiger partial charge in [0.1, 0.15) is 13.2 Å². The zero-order valence-electron chi connectivity index (χ0n) is 14.9. The molecule has 1 heterocycles. The molecule has 0 aromatic heterocycles. The van der Waals surface area contributed by atoms with Crippen LogP contribution in [0, 0.1) is 20.8 Å². The minimum atomic E-state index is -3.67. The van der Waals surface area contributed by atoms with Crippen LogP contribution >= 0.6 is 0 Å². The van der Waals surface area contributed by atoms with Gasteiger partial charge in [-0.1, -0.05) is 12.1 Å². The van der Waals surface area contributed by atoms with Gasteiger partial charge >= 0.3 is 0 Å². The van der Waals surface area contributed by atoms with Crippen LogP contribution in [-0.4, -0.2) is 21.6 Å². The topological polar surface area (TPSA) is 64.6 Å². The second-order valence-electron chi connectivity index (χ2n) is 6.44. The fraction of sp³-hybridized carbons (Fsp3) is 0.368. The highest BCUT2D eigenvalue weighted by Gasteiger charge is 2.22. The van der Waals surface area contributed by atoms with Gasteiger partial charge in [0, 0.05) is 12.1 Å². The van der Waals surface area contributed by atoms with E-state index in [1.165, 1.54) is 17.7 Å². The van der Waals surface area contributed by atoms with Crippen molar-refractivity contribution in [2.75, 3.05) is 13.2 Å². The van der Waals surface area contributed by atoms with E-state index in [9.17, 15) is 8.42 Å². The highest BCUT2D eigenvalue weighted by Crippen LogP contribution is 2.32. The predicted octanol–water partition coefficient (Wildman–Crippen LogP) is 3.42. The molecule has 134 valence electrons. The van der Waals surface area contributed by atoms with Crippen LogP contribution in [0.2, 0.25) is 0 Å². The molecule has 0 saturated heterocycles. The second-order valence-corrected chi connectivity index (χ2v) is 8.16. The lowest BCUT2D eigenvalue weighted by Gasteiger charge is -2.21. The van der Waals surface area contributed by atoms with Gasteiger partial charge in [-0.05, 0) is 62.1 Å². The molecule has 5 nitrogen and oxygen atoms in total. The molecular formula is C19H23NO4S. The first kappa shape index (κ1) is 17.8. The van der Waals surface area contributed by atoms with Crippen molar-refractivity contribution in [3.05, 3.63) is 52.6 Å². The van der Waals surface area contributed by atoms with Crippen molar-refractivity contribution < 1.29 is 17.9 Å². The first-order valence-corrected chi connectivity index (χ1v) is 9.76. The van der Waals surface area contributed by atoms with Crippen molar-refractivity contribution in [2.45, 2.75) is 38.6 Å². The zero-order valence-corrected chi connectivity index (χ0v) is 15.7. The lowest BCUT2D eigenvalue weighted by molar-refractivity contribution is 0.171. The molecule has 1 N–H and O–H groups in total. The number of sulfonamides is 1. The third-order valence-electron chi connectivity index (χ3n) is 4.50. The fourth-order valence-electron chi connectivity index (χ4n) is 3.00. The maximum atomic E-state index is 12.8. The van der Waals surface area contributed by atoms with Crippen molar-refractivity contribution in [3.8, 4) is 11.5 Å². The van der Waals surface area contributed by atoms with Gasteiger partial charge in [0.25, 0.3) is 0 Å². The van der Waals surface area contributed by atoms with Crippen LogP contribution in [0.5, 0.6) is 11.5 Å². The molecule has 0 bridgehead atoms. The largest absolute Gasteiger partial charge is 0.486 e. The van der Waals surface area contributed by atoms with Crippen molar-refractivity contribution in [2.24, 2.45) is 0 Å². The van der Waals surface area contributed by atoms with Crippen LogP contribution in [0.15, 0.2) is 35.2 Å². The molecule has 25 heavy (non-hydrogen) atoms. The normalized spacial score (nSPS) is 15.0. The predicted molar refractivity (Wildman–Crippen MR) is 96.8 cm³/mol. The molecule has 1 aliphatic heterocycles. The number of hydrogen-bond donors (Lipinski definition) is 1. The fourth-order valence-corrected chi connectivity index (χ4v) is 4.24. The van der Waals surface area contributed by atoms with Crippen LogP contribution < -0.4 is 14.2 Å². The summed E-state index contributed by atoms with van der Waals surface area (Å²) in [6.07, 6.45) is 0. The summed E-state index contributed by atoms with van der Waals surface area (Å²) in [4.78, 5) is 0.171. The molecular weight excluding hydrogens is 338 g/mol. The average Bonchev–Trinajstić information content (AvgIpc) is 2.57. The van der Waals surface area contributed by atoms with E-state index in [4.69, 9.17) is 9.47 Å². The molecule has 0 radical (unpaired) electrons. The third-order valence-corrected chi connectivity index (χ3v) is 6.04. The van der Waals surface area contributed by atoms with Gasteiger partial charge in [-0.25, -0.2) is 13.1 Å². The van der Waals surface area contributed by atoms with E-state index < -0.39 is 10.0 Å². The van der Waals surface area contributed by atoms with Crippen molar-refractivity contribution in [1.29, 1.82) is 0 Å². The average molecular weight is 361 g/mol. The minimum Gasteiger partial charge on any atom is -0.486 e. The van der Waals surface area contributed by atoms with Gasteiger partial charge in [0.2, 0.25) is 10.0 Å². The SMILES string of the molecule is Cc1cc(C)c([C@H](C)NS(=O)(=O)c2ccc3c(c2)OCCO3)cc1C. The summed E-state index contributed by atoms with van der Waals surface area (Å²) in [6, 6.07) is 8.47. The first-order valence-electron chi connectivity index (χ1n) is 8.27. The lowest BCUT2D eigenvalue weighted by atomic mass is 9.97. The van der Waals surface area contributed by atoms with Gasteiger partial charge in [0.15, 0.2) is 11.5 Å². The highest BCUT2D eigenvalue weighted by atomic mass is 32.2. The Labute approximate surface area is 149 Å². The van der Waals surface area contributed by atoms with Crippen molar-refractivity contribution in [1.82, 2.24) is 4.72 Å². The van der Waals surface area contributed by atoms with Gasteiger partial charge in [-0.3, -0.25) is 0 Å². The Morgan fingerprint density at radius 1 is 0.920 bits per heavy atom. The van der Waals surface area contributed by atoms with Gasteiger partial charge < -0.3 is 9.47 Å². The first-order chi connectivity index (χ1) is 11.8. The molecule has 0 fully saturated rings. The van der Waals surface area contributed by atoms with Gasteiger partial charge in [-0.15, -0.1) is 0 Å². The molecule has 1 atom stereocenters. The number of fused-ring (bicyclic) bond motifs is 1. The monoisotopic (exact) mass is 361 g/mol. The van der Waals surface area contributed by atoms with E-state index in [1.807, 2.05) is 26.8 Å².